The average molecular weight is 368 g/mol. The lowest BCUT2D eigenvalue weighted by atomic mass is 10.1. The van der Waals surface area contributed by atoms with Gasteiger partial charge in [-0.05, 0) is 42.3 Å². The summed E-state index contributed by atoms with van der Waals surface area (Å²) in [7, 11) is 1.48. The van der Waals surface area contributed by atoms with Crippen LogP contribution in [0.15, 0.2) is 36.4 Å². The number of fused-ring (bicyclic) bond motifs is 2. The van der Waals surface area contributed by atoms with Crippen LogP contribution in [0.2, 0.25) is 0 Å². The van der Waals surface area contributed by atoms with Crippen molar-refractivity contribution in [3.63, 3.8) is 0 Å². The van der Waals surface area contributed by atoms with Crippen LogP contribution >= 0.6 is 0 Å². The second-order valence-electron chi connectivity index (χ2n) is 6.20. The number of carbonyl (C=O) groups is 1. The summed E-state index contributed by atoms with van der Waals surface area (Å²) in [5, 5.41) is 3.36. The van der Waals surface area contributed by atoms with Crippen LogP contribution in [0.1, 0.15) is 21.6 Å². The Morgan fingerprint density at radius 3 is 2.85 bits per heavy atom. The number of aromatic nitrogens is 1. The van der Waals surface area contributed by atoms with Gasteiger partial charge in [0.1, 0.15) is 17.3 Å². The maximum atomic E-state index is 13.7. The standard InChI is InChI=1S/C20H17FN2O4/c1-11-5-13(21)7-14-17(25-2)8-15(23-19(11)14)20(24)22-9-12-3-4-16-18(6-12)27-10-26-16/h3-8H,9-10H2,1-2H3,(H,22,24). The van der Waals surface area contributed by atoms with Gasteiger partial charge in [0.05, 0.1) is 12.6 Å². The van der Waals surface area contributed by atoms with E-state index in [4.69, 9.17) is 14.2 Å². The first-order chi connectivity index (χ1) is 13.0. The number of ether oxygens (including phenoxy) is 3. The lowest BCUT2D eigenvalue weighted by Gasteiger charge is -2.11. The molecule has 0 atom stereocenters. The largest absolute Gasteiger partial charge is 0.496 e. The third-order valence-electron chi connectivity index (χ3n) is 4.37. The zero-order chi connectivity index (χ0) is 19.0. The van der Waals surface area contributed by atoms with E-state index in [1.807, 2.05) is 12.1 Å². The fraction of sp³-hybridized carbons (Fsp3) is 0.200. The first kappa shape index (κ1) is 17.1. The van der Waals surface area contributed by atoms with Crippen LogP contribution in [0.3, 0.4) is 0 Å². The third kappa shape index (κ3) is 3.23. The van der Waals surface area contributed by atoms with Gasteiger partial charge in [-0.3, -0.25) is 4.79 Å². The highest BCUT2D eigenvalue weighted by Crippen LogP contribution is 2.32. The van der Waals surface area contributed by atoms with Crippen molar-refractivity contribution in [2.45, 2.75) is 13.5 Å². The number of hydrogen-bond donors (Lipinski definition) is 1. The molecule has 0 aliphatic carbocycles. The van der Waals surface area contributed by atoms with Gasteiger partial charge >= 0.3 is 0 Å². The Morgan fingerprint density at radius 1 is 1.22 bits per heavy atom. The highest BCUT2D eigenvalue weighted by molar-refractivity contribution is 5.97. The number of aryl methyl sites for hydroxylation is 1. The van der Waals surface area contributed by atoms with Crippen molar-refractivity contribution >= 4 is 16.8 Å². The molecule has 7 heteroatoms. The molecule has 0 saturated heterocycles. The molecule has 1 aromatic heterocycles. The molecule has 2 heterocycles. The summed E-state index contributed by atoms with van der Waals surface area (Å²) in [6.07, 6.45) is 0. The Labute approximate surface area is 154 Å². The molecule has 1 aliphatic rings. The molecule has 0 spiro atoms. The SMILES string of the molecule is COc1cc(C(=O)NCc2ccc3c(c2)OCO3)nc2c(C)cc(F)cc12. The van der Waals surface area contributed by atoms with Gasteiger partial charge in [-0.1, -0.05) is 6.07 Å². The number of nitrogens with one attached hydrogen (secondary N) is 1. The Balaban J connectivity index is 1.59. The van der Waals surface area contributed by atoms with Crippen molar-refractivity contribution in [2.24, 2.45) is 0 Å². The van der Waals surface area contributed by atoms with Crippen molar-refractivity contribution < 1.29 is 23.4 Å². The highest BCUT2D eigenvalue weighted by Gasteiger charge is 2.16. The second-order valence-corrected chi connectivity index (χ2v) is 6.20. The van der Waals surface area contributed by atoms with E-state index in [0.29, 0.717) is 40.3 Å². The number of pyridine rings is 1. The molecule has 0 radical (unpaired) electrons. The minimum Gasteiger partial charge on any atom is -0.496 e. The minimum atomic E-state index is -0.375. The number of halogens is 1. The molecule has 3 aromatic rings. The molecule has 138 valence electrons. The van der Waals surface area contributed by atoms with Crippen LogP contribution in [0.25, 0.3) is 10.9 Å². The number of carbonyl (C=O) groups excluding carboxylic acids is 1. The van der Waals surface area contributed by atoms with E-state index in [9.17, 15) is 9.18 Å². The summed E-state index contributed by atoms with van der Waals surface area (Å²) in [5.74, 6) is 1.02. The molecule has 6 nitrogen and oxygen atoms in total. The van der Waals surface area contributed by atoms with Crippen molar-refractivity contribution in [2.75, 3.05) is 13.9 Å². The molecule has 1 aliphatic heterocycles. The lowest BCUT2D eigenvalue weighted by molar-refractivity contribution is 0.0946. The molecule has 0 bridgehead atoms. The predicted molar refractivity (Wildman–Crippen MR) is 96.7 cm³/mol. The van der Waals surface area contributed by atoms with Crippen LogP contribution in [0.5, 0.6) is 17.2 Å². The quantitative estimate of drug-likeness (QED) is 0.765. The summed E-state index contributed by atoms with van der Waals surface area (Å²) >= 11 is 0. The van der Waals surface area contributed by atoms with Gasteiger partial charge in [0, 0.05) is 18.0 Å². The van der Waals surface area contributed by atoms with E-state index >= 15 is 0 Å². The minimum absolute atomic E-state index is 0.200. The maximum absolute atomic E-state index is 13.7. The van der Waals surface area contributed by atoms with Crippen molar-refractivity contribution in [3.05, 3.63) is 59.0 Å². The zero-order valence-corrected chi connectivity index (χ0v) is 14.8. The van der Waals surface area contributed by atoms with Crippen molar-refractivity contribution in [1.29, 1.82) is 0 Å². The molecule has 1 N–H and O–H groups in total. The van der Waals surface area contributed by atoms with E-state index in [0.717, 1.165) is 5.56 Å². The molecule has 4 rings (SSSR count). The fourth-order valence-electron chi connectivity index (χ4n) is 3.04. The monoisotopic (exact) mass is 368 g/mol. The van der Waals surface area contributed by atoms with Crippen LogP contribution in [-0.4, -0.2) is 24.8 Å². The predicted octanol–water partition coefficient (Wildman–Crippen LogP) is 3.35. The molecule has 0 saturated carbocycles. The molecule has 0 unspecified atom stereocenters. The first-order valence-electron chi connectivity index (χ1n) is 8.37. The Kier molecular flexibility index (Phi) is 4.27. The number of rotatable bonds is 4. The van der Waals surface area contributed by atoms with Crippen LogP contribution in [0.4, 0.5) is 4.39 Å². The average Bonchev–Trinajstić information content (AvgIpc) is 3.13. The van der Waals surface area contributed by atoms with E-state index in [2.05, 4.69) is 10.3 Å². The van der Waals surface area contributed by atoms with Gasteiger partial charge in [-0.2, -0.15) is 0 Å². The van der Waals surface area contributed by atoms with Crippen molar-refractivity contribution in [1.82, 2.24) is 10.3 Å². The summed E-state index contributed by atoms with van der Waals surface area (Å²) in [4.78, 5) is 17.0. The first-order valence-corrected chi connectivity index (χ1v) is 8.37. The summed E-state index contributed by atoms with van der Waals surface area (Å²) < 4.78 is 29.6. The molecule has 2 aromatic carbocycles. The lowest BCUT2D eigenvalue weighted by Crippen LogP contribution is -2.24. The number of amides is 1. The Hall–Kier alpha value is -3.35. The summed E-state index contributed by atoms with van der Waals surface area (Å²) in [6.45, 7) is 2.25. The summed E-state index contributed by atoms with van der Waals surface area (Å²) in [6, 6.07) is 9.72. The van der Waals surface area contributed by atoms with Crippen molar-refractivity contribution in [3.8, 4) is 17.2 Å². The van der Waals surface area contributed by atoms with E-state index in [1.165, 1.54) is 25.3 Å². The number of methoxy groups -OCH3 is 1. The molecule has 1 amide bonds. The van der Waals surface area contributed by atoms with E-state index < -0.39 is 0 Å². The maximum Gasteiger partial charge on any atom is 0.270 e. The zero-order valence-electron chi connectivity index (χ0n) is 14.8. The van der Waals surface area contributed by atoms with Crippen LogP contribution in [-0.2, 0) is 6.54 Å². The van der Waals surface area contributed by atoms with Gasteiger partial charge in [-0.15, -0.1) is 0 Å². The topological polar surface area (TPSA) is 69.7 Å². The Morgan fingerprint density at radius 2 is 2.04 bits per heavy atom. The number of hydrogen-bond acceptors (Lipinski definition) is 5. The highest BCUT2D eigenvalue weighted by atomic mass is 19.1. The smallest absolute Gasteiger partial charge is 0.270 e. The van der Waals surface area contributed by atoms with Gasteiger partial charge < -0.3 is 19.5 Å². The number of nitrogens with zero attached hydrogens (tertiary/aromatic N) is 1. The molecule has 0 fully saturated rings. The van der Waals surface area contributed by atoms with Crippen LogP contribution < -0.4 is 19.5 Å². The molecular formula is C20H17FN2O4. The molecular weight excluding hydrogens is 351 g/mol. The molecule has 27 heavy (non-hydrogen) atoms. The third-order valence-corrected chi connectivity index (χ3v) is 4.37. The van der Waals surface area contributed by atoms with Gasteiger partial charge in [-0.25, -0.2) is 9.37 Å². The van der Waals surface area contributed by atoms with Gasteiger partial charge in [0.2, 0.25) is 6.79 Å². The van der Waals surface area contributed by atoms with E-state index in [-0.39, 0.29) is 24.2 Å². The van der Waals surface area contributed by atoms with Gasteiger partial charge in [0.25, 0.3) is 5.91 Å². The van der Waals surface area contributed by atoms with Crippen LogP contribution in [0, 0.1) is 12.7 Å². The van der Waals surface area contributed by atoms with Gasteiger partial charge in [0.15, 0.2) is 11.5 Å². The second kappa shape index (κ2) is 6.75. The Bertz CT molecular complexity index is 1050. The van der Waals surface area contributed by atoms with E-state index in [1.54, 1.807) is 13.0 Å². The fourth-order valence-corrected chi connectivity index (χ4v) is 3.04. The number of benzene rings is 2. The normalized spacial score (nSPS) is 12.3. The summed E-state index contributed by atoms with van der Waals surface area (Å²) in [5.41, 5.74) is 2.24.